The second-order valence-electron chi connectivity index (χ2n) is 13.3. The van der Waals surface area contributed by atoms with E-state index in [0.717, 1.165) is 33.4 Å². The van der Waals surface area contributed by atoms with Crippen molar-refractivity contribution in [1.29, 1.82) is 0 Å². The summed E-state index contributed by atoms with van der Waals surface area (Å²) >= 11 is 0. The summed E-state index contributed by atoms with van der Waals surface area (Å²) in [7, 11) is 0. The molecule has 0 aromatic heterocycles. The zero-order valence-corrected chi connectivity index (χ0v) is 31.7. The number of phenolic OH excluding ortho intramolecular Hbond substituents is 3. The molecule has 0 unspecified atom stereocenters. The van der Waals surface area contributed by atoms with Crippen LogP contribution in [0.1, 0.15) is 47.8 Å². The van der Waals surface area contributed by atoms with Crippen LogP contribution in [0.25, 0.3) is 33.4 Å². The number of rotatable bonds is 12. The molecule has 7 aromatic rings. The third-order valence-electron chi connectivity index (χ3n) is 9.29. The maximum atomic E-state index is 12.9. The molecule has 0 heterocycles. The summed E-state index contributed by atoms with van der Waals surface area (Å²) in [5.74, 6) is -1.15. The second kappa shape index (κ2) is 18.5. The molecule has 0 aliphatic rings. The number of hydrogen-bond donors (Lipinski definition) is 6. The lowest BCUT2D eigenvalue weighted by Crippen LogP contribution is -2.17. The van der Waals surface area contributed by atoms with Gasteiger partial charge in [-0.25, -0.2) is 16.3 Å². The molecule has 0 radical (unpaired) electrons. The summed E-state index contributed by atoms with van der Waals surface area (Å²) in [5, 5.41) is 41.8. The van der Waals surface area contributed by atoms with Gasteiger partial charge >= 0.3 is 0 Å². The number of hydrazone groups is 3. The van der Waals surface area contributed by atoms with E-state index in [9.17, 15) is 29.7 Å². The van der Waals surface area contributed by atoms with E-state index in [2.05, 4.69) is 31.6 Å². The van der Waals surface area contributed by atoms with E-state index < -0.39 is 17.7 Å². The van der Waals surface area contributed by atoms with Gasteiger partial charge in [0.05, 0.1) is 18.6 Å². The lowest BCUT2D eigenvalue weighted by molar-refractivity contribution is 0.0947. The van der Waals surface area contributed by atoms with E-state index in [1.165, 1.54) is 36.8 Å². The molecule has 0 bridgehead atoms. The Bertz CT molecular complexity index is 2450. The number of hydrogen-bond acceptors (Lipinski definition) is 9. The number of amides is 3. The largest absolute Gasteiger partial charge is 0.507 e. The second-order valence-corrected chi connectivity index (χ2v) is 13.3. The van der Waals surface area contributed by atoms with E-state index in [0.29, 0.717) is 33.4 Å². The Morgan fingerprint density at radius 1 is 0.350 bits per heavy atom. The van der Waals surface area contributed by atoms with Crippen LogP contribution < -0.4 is 16.3 Å². The molecule has 12 nitrogen and oxygen atoms in total. The number of nitrogens with zero attached hydrogens (tertiary/aromatic N) is 3. The van der Waals surface area contributed by atoms with Gasteiger partial charge in [-0.05, 0) is 124 Å². The zero-order valence-electron chi connectivity index (χ0n) is 31.7. The van der Waals surface area contributed by atoms with Crippen LogP contribution in [0.3, 0.4) is 0 Å². The van der Waals surface area contributed by atoms with Gasteiger partial charge in [0.15, 0.2) is 0 Å². The van der Waals surface area contributed by atoms with Gasteiger partial charge in [0, 0.05) is 33.4 Å². The predicted octanol–water partition coefficient (Wildman–Crippen LogP) is 8.10. The average molecular weight is 793 g/mol. The molecule has 0 aliphatic heterocycles. The third kappa shape index (κ3) is 9.83. The van der Waals surface area contributed by atoms with Crippen LogP contribution in [0.4, 0.5) is 0 Å². The number of carbonyl (C=O) groups excluding carboxylic acids is 3. The Morgan fingerprint density at radius 3 is 0.850 bits per heavy atom. The summed E-state index contributed by atoms with van der Waals surface area (Å²) in [6, 6.07) is 47.1. The molecule has 7 aromatic carbocycles. The summed E-state index contributed by atoms with van der Waals surface area (Å²) in [6.07, 6.45) is 4.10. The van der Waals surface area contributed by atoms with Crippen LogP contribution >= 0.6 is 0 Å². The van der Waals surface area contributed by atoms with Gasteiger partial charge in [0.2, 0.25) is 0 Å². The predicted molar refractivity (Wildman–Crippen MR) is 232 cm³/mol. The highest BCUT2D eigenvalue weighted by atomic mass is 16.3. The lowest BCUT2D eigenvalue weighted by atomic mass is 9.92. The lowest BCUT2D eigenvalue weighted by Gasteiger charge is -2.12. The van der Waals surface area contributed by atoms with Crippen LogP contribution in [-0.2, 0) is 0 Å². The van der Waals surface area contributed by atoms with Gasteiger partial charge in [-0.1, -0.05) is 72.8 Å². The Kier molecular flexibility index (Phi) is 12.2. The Balaban J connectivity index is 1.13. The molecule has 0 aliphatic carbocycles. The van der Waals surface area contributed by atoms with Crippen molar-refractivity contribution in [2.24, 2.45) is 15.3 Å². The van der Waals surface area contributed by atoms with Gasteiger partial charge in [-0.15, -0.1) is 0 Å². The van der Waals surface area contributed by atoms with Crippen LogP contribution in [0.5, 0.6) is 17.2 Å². The van der Waals surface area contributed by atoms with Gasteiger partial charge in [0.25, 0.3) is 17.7 Å². The molecule has 294 valence electrons. The molecule has 3 amide bonds. The monoisotopic (exact) mass is 792 g/mol. The van der Waals surface area contributed by atoms with Gasteiger partial charge in [-0.2, -0.15) is 15.3 Å². The smallest absolute Gasteiger partial charge is 0.271 e. The van der Waals surface area contributed by atoms with Crippen molar-refractivity contribution in [2.75, 3.05) is 0 Å². The molecule has 0 fully saturated rings. The number of carbonyl (C=O) groups is 3. The van der Waals surface area contributed by atoms with Crippen LogP contribution in [-0.4, -0.2) is 51.7 Å². The van der Waals surface area contributed by atoms with Gasteiger partial charge < -0.3 is 15.3 Å². The normalized spacial score (nSPS) is 11.2. The minimum absolute atomic E-state index is 0.0444. The van der Waals surface area contributed by atoms with Crippen molar-refractivity contribution in [3.8, 4) is 50.6 Å². The molecule has 0 saturated carbocycles. The summed E-state index contributed by atoms with van der Waals surface area (Å²) in [6.45, 7) is 0. The Hall–Kier alpha value is -8.64. The summed E-state index contributed by atoms with van der Waals surface area (Å²) in [4.78, 5) is 38.7. The van der Waals surface area contributed by atoms with Crippen molar-refractivity contribution < 1.29 is 29.7 Å². The first-order valence-electron chi connectivity index (χ1n) is 18.5. The SMILES string of the molecule is O=C(N/N=C/c1ccccc1O)c1ccc(-c2cc(-c3ccc(C(=O)N/N=C/c4ccccc4O)cc3)cc(-c3ccc(C(=O)N/N=C/c4ccccc4O)cc3)c2)cc1. The van der Waals surface area contributed by atoms with E-state index in [4.69, 9.17) is 0 Å². The Labute approximate surface area is 344 Å². The fourth-order valence-corrected chi connectivity index (χ4v) is 6.03. The van der Waals surface area contributed by atoms with Crippen molar-refractivity contribution in [3.05, 3.63) is 197 Å². The summed E-state index contributed by atoms with van der Waals surface area (Å²) < 4.78 is 0. The topological polar surface area (TPSA) is 185 Å². The standard InChI is InChI=1S/C48H36N6O6/c55-43-10-4-1-7-37(43)28-49-52-46(58)34-19-13-31(14-20-34)40-25-41(32-15-21-35(22-16-32)47(59)53-50-29-38-8-2-5-11-44(38)56)27-42(26-40)33-17-23-36(24-18-33)48(60)54-51-30-39-9-3-6-12-45(39)57/h1-30,55-57H,(H,52,58)(H,53,59)(H,54,60)/b49-28+,50-29+,51-30+. The zero-order chi connectivity index (χ0) is 41.8. The van der Waals surface area contributed by atoms with E-state index in [1.807, 2.05) is 54.6 Å². The van der Waals surface area contributed by atoms with Crippen molar-refractivity contribution in [3.63, 3.8) is 0 Å². The van der Waals surface area contributed by atoms with Gasteiger partial charge in [-0.3, -0.25) is 14.4 Å². The highest BCUT2D eigenvalue weighted by molar-refractivity contribution is 5.98. The molecule has 60 heavy (non-hydrogen) atoms. The Morgan fingerprint density at radius 2 is 0.600 bits per heavy atom. The highest BCUT2D eigenvalue weighted by Gasteiger charge is 2.12. The van der Waals surface area contributed by atoms with Crippen molar-refractivity contribution >= 4 is 36.4 Å². The number of benzene rings is 7. The quantitative estimate of drug-likeness (QED) is 0.0536. The molecule has 7 rings (SSSR count). The fourth-order valence-electron chi connectivity index (χ4n) is 6.03. The molecular formula is C48H36N6O6. The maximum Gasteiger partial charge on any atom is 0.271 e. The number of aromatic hydroxyl groups is 3. The molecule has 12 heteroatoms. The minimum atomic E-state index is -0.427. The minimum Gasteiger partial charge on any atom is -0.507 e. The number of phenols is 3. The summed E-state index contributed by atoms with van der Waals surface area (Å²) in [5.41, 5.74) is 15.0. The first kappa shape index (κ1) is 39.6. The fraction of sp³-hybridized carbons (Fsp3) is 0. The molecule has 0 saturated heterocycles. The van der Waals surface area contributed by atoms with Gasteiger partial charge in [0.1, 0.15) is 17.2 Å². The molecule has 0 atom stereocenters. The number of nitrogens with one attached hydrogen (secondary N) is 3. The van der Waals surface area contributed by atoms with Crippen molar-refractivity contribution in [1.82, 2.24) is 16.3 Å². The first-order chi connectivity index (χ1) is 29.2. The molecular weight excluding hydrogens is 757 g/mol. The third-order valence-corrected chi connectivity index (χ3v) is 9.29. The van der Waals surface area contributed by atoms with E-state index in [1.54, 1.807) is 91.0 Å². The molecule has 0 spiro atoms. The highest BCUT2D eigenvalue weighted by Crippen LogP contribution is 2.33. The van der Waals surface area contributed by atoms with Crippen LogP contribution in [0.15, 0.2) is 179 Å². The van der Waals surface area contributed by atoms with Crippen LogP contribution in [0.2, 0.25) is 0 Å². The maximum absolute atomic E-state index is 12.9. The van der Waals surface area contributed by atoms with Crippen molar-refractivity contribution in [2.45, 2.75) is 0 Å². The van der Waals surface area contributed by atoms with Crippen LogP contribution in [0, 0.1) is 0 Å². The first-order valence-corrected chi connectivity index (χ1v) is 18.5. The van der Waals surface area contributed by atoms with E-state index in [-0.39, 0.29) is 17.2 Å². The number of para-hydroxylation sites is 3. The van der Waals surface area contributed by atoms with E-state index >= 15 is 0 Å². The average Bonchev–Trinajstić information content (AvgIpc) is 3.28. The molecule has 6 N–H and O–H groups in total.